The van der Waals surface area contributed by atoms with Crippen LogP contribution in [0.5, 0.6) is 0 Å². The van der Waals surface area contributed by atoms with Gasteiger partial charge in [-0.1, -0.05) is 12.5 Å². The van der Waals surface area contributed by atoms with Crippen molar-refractivity contribution < 1.29 is 9.53 Å². The van der Waals surface area contributed by atoms with E-state index in [1.165, 1.54) is 13.5 Å². The highest BCUT2D eigenvalue weighted by molar-refractivity contribution is 6.06. The number of aliphatic imine (C=N–C) groups is 2. The van der Waals surface area contributed by atoms with Crippen LogP contribution >= 0.6 is 0 Å². The summed E-state index contributed by atoms with van der Waals surface area (Å²) in [7, 11) is 1.37. The Labute approximate surface area is 141 Å². The average molecular weight is 329 g/mol. The van der Waals surface area contributed by atoms with Crippen LogP contribution in [-0.4, -0.2) is 30.7 Å². The number of ether oxygens (including phenoxy) is 1. The van der Waals surface area contributed by atoms with E-state index in [1.54, 1.807) is 6.07 Å². The molecule has 128 valence electrons. The van der Waals surface area contributed by atoms with E-state index < -0.39 is 5.66 Å². The average Bonchev–Trinajstić information content (AvgIpc) is 2.55. The van der Waals surface area contributed by atoms with Crippen LogP contribution in [0.4, 0.5) is 5.69 Å². The maximum Gasteiger partial charge on any atom is 0.338 e. The number of anilines is 1. The van der Waals surface area contributed by atoms with Crippen molar-refractivity contribution in [3.8, 4) is 0 Å². The standard InChI is InChI=1S/C17H23N5O2/c1-11-12(14(23)24-2)7-6-8-13(11)22-16(19)20-15(18)21-17(22)9-4-3-5-10-17/h6-8H,3-5,9-10H2,1-2H3,(H4,18,19,20,21). The molecule has 0 bridgehead atoms. The van der Waals surface area contributed by atoms with Crippen molar-refractivity contribution in [2.45, 2.75) is 44.7 Å². The molecule has 24 heavy (non-hydrogen) atoms. The quantitative estimate of drug-likeness (QED) is 0.806. The fraction of sp³-hybridized carbons (Fsp3) is 0.471. The number of hydrogen-bond donors (Lipinski definition) is 2. The first kappa shape index (κ1) is 16.3. The molecular formula is C17H23N5O2. The number of nitrogens with two attached hydrogens (primary N) is 2. The number of benzene rings is 1. The molecule has 3 rings (SSSR count). The first-order valence-corrected chi connectivity index (χ1v) is 8.16. The number of rotatable bonds is 2. The zero-order chi connectivity index (χ0) is 17.3. The number of carbonyl (C=O) groups is 1. The van der Waals surface area contributed by atoms with Crippen molar-refractivity contribution in [1.82, 2.24) is 0 Å². The van der Waals surface area contributed by atoms with E-state index in [9.17, 15) is 4.79 Å². The van der Waals surface area contributed by atoms with Crippen LogP contribution in [0.3, 0.4) is 0 Å². The zero-order valence-electron chi connectivity index (χ0n) is 14.1. The lowest BCUT2D eigenvalue weighted by Crippen LogP contribution is -2.58. The summed E-state index contributed by atoms with van der Waals surface area (Å²) in [4.78, 5) is 22.8. The Kier molecular flexibility index (Phi) is 4.17. The molecule has 0 amide bonds. The predicted molar refractivity (Wildman–Crippen MR) is 94.1 cm³/mol. The lowest BCUT2D eigenvalue weighted by molar-refractivity contribution is 0.0600. The predicted octanol–water partition coefficient (Wildman–Crippen LogP) is 1.89. The van der Waals surface area contributed by atoms with Crippen LogP contribution < -0.4 is 16.4 Å². The van der Waals surface area contributed by atoms with Crippen LogP contribution in [0.15, 0.2) is 28.2 Å². The third-order valence-corrected chi connectivity index (χ3v) is 4.80. The molecule has 1 aliphatic heterocycles. The van der Waals surface area contributed by atoms with E-state index in [4.69, 9.17) is 16.2 Å². The highest BCUT2D eigenvalue weighted by Crippen LogP contribution is 2.40. The molecule has 1 heterocycles. The van der Waals surface area contributed by atoms with E-state index >= 15 is 0 Å². The van der Waals surface area contributed by atoms with Gasteiger partial charge in [-0.05, 0) is 50.3 Å². The highest BCUT2D eigenvalue weighted by Gasteiger charge is 2.43. The van der Waals surface area contributed by atoms with Crippen molar-refractivity contribution in [3.63, 3.8) is 0 Å². The van der Waals surface area contributed by atoms with E-state index in [2.05, 4.69) is 9.98 Å². The lowest BCUT2D eigenvalue weighted by Gasteiger charge is -2.46. The minimum Gasteiger partial charge on any atom is -0.465 e. The molecule has 1 aromatic carbocycles. The van der Waals surface area contributed by atoms with Crippen LogP contribution in [0.1, 0.15) is 48.0 Å². The van der Waals surface area contributed by atoms with Gasteiger partial charge in [0.2, 0.25) is 11.9 Å². The Hall–Kier alpha value is -2.57. The summed E-state index contributed by atoms with van der Waals surface area (Å²) < 4.78 is 4.87. The molecule has 1 fully saturated rings. The normalized spacial score (nSPS) is 19.7. The van der Waals surface area contributed by atoms with Crippen molar-refractivity contribution in [3.05, 3.63) is 29.3 Å². The number of esters is 1. The SMILES string of the molecule is COC(=O)c1cccc(N2C(N)=NC(N)=NC23CCCCC3)c1C. The fourth-order valence-electron chi connectivity index (χ4n) is 3.67. The van der Waals surface area contributed by atoms with Gasteiger partial charge in [-0.2, -0.15) is 4.99 Å². The van der Waals surface area contributed by atoms with Gasteiger partial charge in [0.1, 0.15) is 5.66 Å². The first-order chi connectivity index (χ1) is 11.5. The smallest absolute Gasteiger partial charge is 0.338 e. The molecule has 7 heteroatoms. The van der Waals surface area contributed by atoms with Gasteiger partial charge >= 0.3 is 5.97 Å². The molecular weight excluding hydrogens is 306 g/mol. The highest BCUT2D eigenvalue weighted by atomic mass is 16.5. The van der Waals surface area contributed by atoms with Gasteiger partial charge in [0.25, 0.3) is 0 Å². The molecule has 4 N–H and O–H groups in total. The molecule has 0 atom stereocenters. The molecule has 7 nitrogen and oxygen atoms in total. The van der Waals surface area contributed by atoms with Gasteiger partial charge < -0.3 is 16.2 Å². The van der Waals surface area contributed by atoms with Crippen molar-refractivity contribution in [2.75, 3.05) is 12.0 Å². The summed E-state index contributed by atoms with van der Waals surface area (Å²) >= 11 is 0. The molecule has 0 aromatic heterocycles. The summed E-state index contributed by atoms with van der Waals surface area (Å²) in [5, 5.41) is 0. The Bertz CT molecular complexity index is 720. The topological polar surface area (TPSA) is 106 Å². The van der Waals surface area contributed by atoms with Gasteiger partial charge in [-0.15, -0.1) is 0 Å². The minimum atomic E-state index is -0.520. The van der Waals surface area contributed by atoms with E-state index in [1.807, 2.05) is 24.0 Å². The first-order valence-electron chi connectivity index (χ1n) is 8.16. The molecule has 0 radical (unpaired) electrons. The molecule has 1 aliphatic carbocycles. The van der Waals surface area contributed by atoms with Crippen molar-refractivity contribution in [1.29, 1.82) is 0 Å². The second-order valence-corrected chi connectivity index (χ2v) is 6.26. The summed E-state index contributed by atoms with van der Waals surface area (Å²) in [6, 6.07) is 5.49. The van der Waals surface area contributed by atoms with Crippen LogP contribution in [0.25, 0.3) is 0 Å². The van der Waals surface area contributed by atoms with Gasteiger partial charge in [-0.25, -0.2) is 9.79 Å². The Morgan fingerprint density at radius 1 is 1.25 bits per heavy atom. The zero-order valence-corrected chi connectivity index (χ0v) is 14.1. The largest absolute Gasteiger partial charge is 0.465 e. The van der Waals surface area contributed by atoms with Crippen LogP contribution in [-0.2, 0) is 4.74 Å². The Morgan fingerprint density at radius 2 is 1.96 bits per heavy atom. The number of nitrogens with zero attached hydrogens (tertiary/aromatic N) is 3. The molecule has 2 aliphatic rings. The third kappa shape index (κ3) is 2.60. The maximum atomic E-state index is 12.0. The number of guanidine groups is 2. The summed E-state index contributed by atoms with van der Waals surface area (Å²) in [5.74, 6) is 0.157. The number of carbonyl (C=O) groups excluding carboxylic acids is 1. The molecule has 1 spiro atoms. The van der Waals surface area contributed by atoms with Crippen molar-refractivity contribution in [2.24, 2.45) is 21.5 Å². The van der Waals surface area contributed by atoms with E-state index in [0.717, 1.165) is 36.9 Å². The third-order valence-electron chi connectivity index (χ3n) is 4.80. The van der Waals surface area contributed by atoms with E-state index in [0.29, 0.717) is 11.5 Å². The summed E-state index contributed by atoms with van der Waals surface area (Å²) in [6.45, 7) is 1.88. The van der Waals surface area contributed by atoms with Crippen molar-refractivity contribution >= 4 is 23.6 Å². The molecule has 1 saturated carbocycles. The van der Waals surface area contributed by atoms with Crippen LogP contribution in [0.2, 0.25) is 0 Å². The number of hydrogen-bond acceptors (Lipinski definition) is 7. The molecule has 0 saturated heterocycles. The number of methoxy groups -OCH3 is 1. The lowest BCUT2D eigenvalue weighted by atomic mass is 9.86. The van der Waals surface area contributed by atoms with Gasteiger partial charge in [0, 0.05) is 0 Å². The van der Waals surface area contributed by atoms with Gasteiger partial charge in [0.15, 0.2) is 0 Å². The Morgan fingerprint density at radius 3 is 2.62 bits per heavy atom. The summed E-state index contributed by atoms with van der Waals surface area (Å²) in [5.41, 5.74) is 13.7. The molecule has 0 unspecified atom stereocenters. The van der Waals surface area contributed by atoms with Gasteiger partial charge in [-0.3, -0.25) is 4.90 Å². The second kappa shape index (κ2) is 6.14. The molecule has 1 aromatic rings. The van der Waals surface area contributed by atoms with Gasteiger partial charge in [0.05, 0.1) is 18.4 Å². The monoisotopic (exact) mass is 329 g/mol. The van der Waals surface area contributed by atoms with Crippen LogP contribution in [0, 0.1) is 6.92 Å². The summed E-state index contributed by atoms with van der Waals surface area (Å²) in [6.07, 6.45) is 4.98. The second-order valence-electron chi connectivity index (χ2n) is 6.26. The maximum absolute atomic E-state index is 12.0. The Balaban J connectivity index is 2.13. The minimum absolute atomic E-state index is 0.215. The fourth-order valence-corrected chi connectivity index (χ4v) is 3.67. The van der Waals surface area contributed by atoms with E-state index in [-0.39, 0.29) is 11.9 Å².